The van der Waals surface area contributed by atoms with Crippen molar-refractivity contribution in [2.75, 3.05) is 18.5 Å². The second kappa shape index (κ2) is 7.11. The number of nitrogens with one attached hydrogen (secondary N) is 1. The fraction of sp³-hybridized carbons (Fsp3) is 0.211. The SMILES string of the molecule is Cc1onc(-c2ccccc2)c1-c1cccc(NCCCO)c1. The van der Waals surface area contributed by atoms with Crippen LogP contribution in [0, 0.1) is 6.92 Å². The summed E-state index contributed by atoms with van der Waals surface area (Å²) in [6.07, 6.45) is 0.728. The third kappa shape index (κ3) is 3.43. The molecule has 0 bridgehead atoms. The van der Waals surface area contributed by atoms with E-state index in [4.69, 9.17) is 9.63 Å². The van der Waals surface area contributed by atoms with Gasteiger partial charge in [0.15, 0.2) is 0 Å². The number of aliphatic hydroxyl groups is 1. The number of hydrogen-bond acceptors (Lipinski definition) is 4. The summed E-state index contributed by atoms with van der Waals surface area (Å²) >= 11 is 0. The maximum Gasteiger partial charge on any atom is 0.142 e. The largest absolute Gasteiger partial charge is 0.396 e. The Balaban J connectivity index is 1.96. The van der Waals surface area contributed by atoms with Gasteiger partial charge in [-0.1, -0.05) is 47.6 Å². The summed E-state index contributed by atoms with van der Waals surface area (Å²) in [6.45, 7) is 2.87. The van der Waals surface area contributed by atoms with E-state index >= 15 is 0 Å². The van der Waals surface area contributed by atoms with Gasteiger partial charge < -0.3 is 14.9 Å². The summed E-state index contributed by atoms with van der Waals surface area (Å²) in [6, 6.07) is 18.2. The zero-order valence-corrected chi connectivity index (χ0v) is 13.1. The van der Waals surface area contributed by atoms with Crippen LogP contribution >= 0.6 is 0 Å². The van der Waals surface area contributed by atoms with Crippen molar-refractivity contribution in [1.82, 2.24) is 5.16 Å². The number of rotatable bonds is 6. The van der Waals surface area contributed by atoms with Gasteiger partial charge in [-0.05, 0) is 31.0 Å². The Morgan fingerprint density at radius 2 is 1.83 bits per heavy atom. The molecule has 3 rings (SSSR count). The molecule has 1 heterocycles. The van der Waals surface area contributed by atoms with Crippen LogP contribution in [0.4, 0.5) is 5.69 Å². The molecule has 0 atom stereocenters. The molecule has 0 spiro atoms. The Morgan fingerprint density at radius 3 is 2.61 bits per heavy atom. The molecule has 3 aromatic rings. The number of anilines is 1. The first-order chi connectivity index (χ1) is 11.3. The highest BCUT2D eigenvalue weighted by Crippen LogP contribution is 2.35. The quantitative estimate of drug-likeness (QED) is 0.673. The van der Waals surface area contributed by atoms with Gasteiger partial charge in [-0.3, -0.25) is 0 Å². The molecule has 0 aliphatic rings. The molecule has 0 saturated carbocycles. The summed E-state index contributed by atoms with van der Waals surface area (Å²) in [4.78, 5) is 0. The lowest BCUT2D eigenvalue weighted by Crippen LogP contribution is -2.03. The van der Waals surface area contributed by atoms with Gasteiger partial charge in [0.2, 0.25) is 0 Å². The zero-order valence-electron chi connectivity index (χ0n) is 13.1. The van der Waals surface area contributed by atoms with Crippen LogP contribution in [-0.2, 0) is 0 Å². The number of aliphatic hydroxyl groups excluding tert-OH is 1. The number of hydrogen-bond donors (Lipinski definition) is 2. The maximum absolute atomic E-state index is 8.89. The van der Waals surface area contributed by atoms with Gasteiger partial charge in [-0.25, -0.2) is 0 Å². The van der Waals surface area contributed by atoms with Gasteiger partial charge in [0.05, 0.1) is 5.56 Å². The minimum absolute atomic E-state index is 0.190. The third-order valence-electron chi connectivity index (χ3n) is 3.73. The lowest BCUT2D eigenvalue weighted by Gasteiger charge is -2.08. The first-order valence-corrected chi connectivity index (χ1v) is 7.76. The first kappa shape index (κ1) is 15.3. The number of nitrogens with zero attached hydrogens (tertiary/aromatic N) is 1. The molecular formula is C19H20N2O2. The normalized spacial score (nSPS) is 10.7. The first-order valence-electron chi connectivity index (χ1n) is 7.76. The van der Waals surface area contributed by atoms with Crippen LogP contribution in [0.2, 0.25) is 0 Å². The predicted molar refractivity (Wildman–Crippen MR) is 92.3 cm³/mol. The fourth-order valence-corrected chi connectivity index (χ4v) is 2.60. The molecule has 2 N–H and O–H groups in total. The van der Waals surface area contributed by atoms with E-state index in [0.717, 1.165) is 46.8 Å². The van der Waals surface area contributed by atoms with Gasteiger partial charge in [-0.15, -0.1) is 0 Å². The second-order valence-electron chi connectivity index (χ2n) is 5.41. The third-order valence-corrected chi connectivity index (χ3v) is 3.73. The van der Waals surface area contributed by atoms with Gasteiger partial charge >= 0.3 is 0 Å². The van der Waals surface area contributed by atoms with Gasteiger partial charge in [0.25, 0.3) is 0 Å². The van der Waals surface area contributed by atoms with Crippen LogP contribution in [0.1, 0.15) is 12.2 Å². The van der Waals surface area contributed by atoms with E-state index in [1.54, 1.807) is 0 Å². The highest BCUT2D eigenvalue weighted by Gasteiger charge is 2.16. The Hall–Kier alpha value is -2.59. The molecule has 0 aliphatic heterocycles. The minimum atomic E-state index is 0.190. The van der Waals surface area contributed by atoms with E-state index in [0.29, 0.717) is 0 Å². The van der Waals surface area contributed by atoms with E-state index in [9.17, 15) is 0 Å². The van der Waals surface area contributed by atoms with Crippen molar-refractivity contribution in [3.05, 3.63) is 60.4 Å². The lowest BCUT2D eigenvalue weighted by atomic mass is 9.99. The van der Waals surface area contributed by atoms with E-state index in [1.165, 1.54) is 0 Å². The van der Waals surface area contributed by atoms with E-state index in [1.807, 2.05) is 49.4 Å². The second-order valence-corrected chi connectivity index (χ2v) is 5.41. The van der Waals surface area contributed by atoms with Crippen molar-refractivity contribution in [2.24, 2.45) is 0 Å². The van der Waals surface area contributed by atoms with Crippen molar-refractivity contribution < 1.29 is 9.63 Å². The van der Waals surface area contributed by atoms with Crippen LogP contribution in [0.3, 0.4) is 0 Å². The molecule has 4 nitrogen and oxygen atoms in total. The number of aromatic nitrogens is 1. The molecule has 1 aromatic heterocycles. The molecule has 0 aliphatic carbocycles. The summed E-state index contributed by atoms with van der Waals surface area (Å²) in [7, 11) is 0. The van der Waals surface area contributed by atoms with Crippen molar-refractivity contribution >= 4 is 5.69 Å². The maximum atomic E-state index is 8.89. The highest BCUT2D eigenvalue weighted by molar-refractivity contribution is 5.83. The zero-order chi connectivity index (χ0) is 16.1. The molecule has 0 radical (unpaired) electrons. The average Bonchev–Trinajstić information content (AvgIpc) is 2.98. The van der Waals surface area contributed by atoms with E-state index < -0.39 is 0 Å². The van der Waals surface area contributed by atoms with Gasteiger partial charge in [-0.2, -0.15) is 0 Å². The summed E-state index contributed by atoms with van der Waals surface area (Å²) in [5, 5.41) is 16.4. The molecule has 118 valence electrons. The smallest absolute Gasteiger partial charge is 0.142 e. The van der Waals surface area contributed by atoms with Gasteiger partial charge in [0, 0.05) is 24.4 Å². The Labute approximate surface area is 135 Å². The Kier molecular flexibility index (Phi) is 4.74. The van der Waals surface area contributed by atoms with E-state index in [2.05, 4.69) is 22.6 Å². The highest BCUT2D eigenvalue weighted by atomic mass is 16.5. The van der Waals surface area contributed by atoms with Crippen molar-refractivity contribution in [3.8, 4) is 22.4 Å². The molecule has 2 aromatic carbocycles. The Bertz CT molecular complexity index is 766. The van der Waals surface area contributed by atoms with Crippen molar-refractivity contribution in [3.63, 3.8) is 0 Å². The lowest BCUT2D eigenvalue weighted by molar-refractivity contribution is 0.292. The van der Waals surface area contributed by atoms with Crippen molar-refractivity contribution in [1.29, 1.82) is 0 Å². The molecule has 0 fully saturated rings. The minimum Gasteiger partial charge on any atom is -0.396 e. The number of benzene rings is 2. The molecule has 0 unspecified atom stereocenters. The molecule has 23 heavy (non-hydrogen) atoms. The molecule has 0 saturated heterocycles. The van der Waals surface area contributed by atoms with Gasteiger partial charge in [0.1, 0.15) is 11.5 Å². The predicted octanol–water partition coefficient (Wildman–Crippen LogP) is 4.11. The Morgan fingerprint density at radius 1 is 1.04 bits per heavy atom. The van der Waals surface area contributed by atoms with Crippen molar-refractivity contribution in [2.45, 2.75) is 13.3 Å². The summed E-state index contributed by atoms with van der Waals surface area (Å²) < 4.78 is 5.44. The van der Waals surface area contributed by atoms with Crippen LogP contribution in [0.15, 0.2) is 59.1 Å². The standard InChI is InChI=1S/C19H20N2O2/c1-14-18(19(21-23-14)15-7-3-2-4-8-15)16-9-5-10-17(13-16)20-11-6-12-22/h2-5,7-10,13,20,22H,6,11-12H2,1H3. The van der Waals surface area contributed by atoms with E-state index in [-0.39, 0.29) is 6.61 Å². The number of aryl methyl sites for hydroxylation is 1. The summed E-state index contributed by atoms with van der Waals surface area (Å²) in [5.74, 6) is 0.802. The fourth-order valence-electron chi connectivity index (χ4n) is 2.60. The molecular weight excluding hydrogens is 288 g/mol. The topological polar surface area (TPSA) is 58.3 Å². The monoisotopic (exact) mass is 308 g/mol. The van der Waals surface area contributed by atoms with Crippen LogP contribution in [-0.4, -0.2) is 23.4 Å². The average molecular weight is 308 g/mol. The molecule has 0 amide bonds. The van der Waals surface area contributed by atoms with Crippen LogP contribution in [0.25, 0.3) is 22.4 Å². The van der Waals surface area contributed by atoms with Crippen LogP contribution < -0.4 is 5.32 Å². The molecule has 4 heteroatoms. The summed E-state index contributed by atoms with van der Waals surface area (Å²) in [5.41, 5.74) is 5.00. The van der Waals surface area contributed by atoms with Crippen LogP contribution in [0.5, 0.6) is 0 Å².